The molecule has 1 aliphatic carbocycles. The molecule has 2 rings (SSSR count). The molecule has 0 radical (unpaired) electrons. The van der Waals surface area contributed by atoms with Crippen LogP contribution in [0, 0.1) is 18.3 Å². The van der Waals surface area contributed by atoms with Gasteiger partial charge in [0.2, 0.25) is 0 Å². The van der Waals surface area contributed by atoms with Gasteiger partial charge in [0.25, 0.3) is 0 Å². The molecule has 116 valence electrons. The van der Waals surface area contributed by atoms with Crippen LogP contribution in [0.2, 0.25) is 5.15 Å². The summed E-state index contributed by atoms with van der Waals surface area (Å²) in [7, 11) is 0. The van der Waals surface area contributed by atoms with Crippen molar-refractivity contribution < 1.29 is 4.79 Å². The normalized spacial score (nSPS) is 17.2. The number of aromatic nitrogens is 2. The highest BCUT2D eigenvalue weighted by atomic mass is 35.5. The third kappa shape index (κ3) is 3.94. The molecule has 5 heteroatoms. The van der Waals surface area contributed by atoms with E-state index in [1.54, 1.807) is 6.92 Å². The number of nitrogens with zero attached hydrogens (tertiary/aromatic N) is 2. The second-order valence-corrected chi connectivity index (χ2v) is 6.96. The average molecular weight is 310 g/mol. The van der Waals surface area contributed by atoms with E-state index in [0.717, 1.165) is 12.8 Å². The fourth-order valence-electron chi connectivity index (χ4n) is 3.50. The molecule has 0 aliphatic heterocycles. The van der Waals surface area contributed by atoms with E-state index in [9.17, 15) is 4.79 Å². The van der Waals surface area contributed by atoms with Crippen molar-refractivity contribution in [2.45, 2.75) is 52.9 Å². The van der Waals surface area contributed by atoms with Crippen molar-refractivity contribution >= 4 is 23.7 Å². The molecule has 1 aromatic rings. The highest BCUT2D eigenvalue weighted by Crippen LogP contribution is 2.43. The Morgan fingerprint density at radius 2 is 2.00 bits per heavy atom. The first-order chi connectivity index (χ1) is 9.96. The first-order valence-electron chi connectivity index (χ1n) is 7.69. The van der Waals surface area contributed by atoms with Gasteiger partial charge in [0.05, 0.1) is 5.56 Å². The second kappa shape index (κ2) is 6.73. The molecule has 0 saturated heterocycles. The number of nitrogens with one attached hydrogen (secondary N) is 1. The summed E-state index contributed by atoms with van der Waals surface area (Å²) >= 11 is 6.03. The summed E-state index contributed by atoms with van der Waals surface area (Å²) < 4.78 is 0. The molecule has 1 heterocycles. The SMILES string of the molecule is Cc1nc(Cl)c(C=O)c(NCC2(CC(C)C)CCCC2)n1. The smallest absolute Gasteiger partial charge is 0.156 e. The van der Waals surface area contributed by atoms with Crippen LogP contribution in [0.4, 0.5) is 5.82 Å². The van der Waals surface area contributed by atoms with E-state index in [4.69, 9.17) is 11.6 Å². The number of aldehydes is 1. The van der Waals surface area contributed by atoms with Crippen molar-refractivity contribution in [3.8, 4) is 0 Å². The minimum atomic E-state index is 0.226. The van der Waals surface area contributed by atoms with Crippen LogP contribution in [0.15, 0.2) is 0 Å². The molecule has 1 N–H and O–H groups in total. The quantitative estimate of drug-likeness (QED) is 0.630. The lowest BCUT2D eigenvalue weighted by molar-refractivity contribution is 0.112. The largest absolute Gasteiger partial charge is 0.369 e. The molecule has 0 atom stereocenters. The Kier molecular flexibility index (Phi) is 5.20. The van der Waals surface area contributed by atoms with E-state index in [1.807, 2.05) is 0 Å². The molecule has 1 fully saturated rings. The summed E-state index contributed by atoms with van der Waals surface area (Å²) in [5.74, 6) is 1.82. The van der Waals surface area contributed by atoms with Crippen molar-refractivity contribution in [2.24, 2.45) is 11.3 Å². The highest BCUT2D eigenvalue weighted by Gasteiger charge is 2.34. The molecule has 4 nitrogen and oxygen atoms in total. The van der Waals surface area contributed by atoms with Crippen LogP contribution in [-0.2, 0) is 0 Å². The van der Waals surface area contributed by atoms with Crippen molar-refractivity contribution in [1.29, 1.82) is 0 Å². The zero-order chi connectivity index (χ0) is 15.5. The molecular formula is C16H24ClN3O. The number of anilines is 1. The van der Waals surface area contributed by atoms with Crippen molar-refractivity contribution in [3.05, 3.63) is 16.5 Å². The van der Waals surface area contributed by atoms with Gasteiger partial charge in [-0.25, -0.2) is 9.97 Å². The fraction of sp³-hybridized carbons (Fsp3) is 0.688. The van der Waals surface area contributed by atoms with Crippen LogP contribution in [0.1, 0.15) is 62.1 Å². The van der Waals surface area contributed by atoms with Crippen LogP contribution in [-0.4, -0.2) is 22.8 Å². The maximum absolute atomic E-state index is 11.2. The molecule has 0 spiro atoms. The van der Waals surface area contributed by atoms with Crippen LogP contribution in [0.25, 0.3) is 0 Å². The van der Waals surface area contributed by atoms with Crippen LogP contribution in [0.5, 0.6) is 0 Å². The minimum absolute atomic E-state index is 0.226. The van der Waals surface area contributed by atoms with Crippen LogP contribution >= 0.6 is 11.6 Å². The molecule has 1 aromatic heterocycles. The first-order valence-corrected chi connectivity index (χ1v) is 8.07. The molecule has 0 aromatic carbocycles. The summed E-state index contributed by atoms with van der Waals surface area (Å²) in [5.41, 5.74) is 0.680. The standard InChI is InChI=1S/C16H24ClN3O/c1-11(2)8-16(6-4-5-7-16)10-18-15-13(9-21)14(17)19-12(3)20-15/h9,11H,4-8,10H2,1-3H3,(H,18,19,20). The second-order valence-electron chi connectivity index (χ2n) is 6.60. The number of rotatable bonds is 6. The number of carbonyl (C=O) groups excluding carboxylic acids is 1. The lowest BCUT2D eigenvalue weighted by Gasteiger charge is -2.31. The van der Waals surface area contributed by atoms with Gasteiger partial charge in [0.1, 0.15) is 16.8 Å². The monoisotopic (exact) mass is 309 g/mol. The van der Waals surface area contributed by atoms with Gasteiger partial charge in [0.15, 0.2) is 6.29 Å². The number of hydrogen-bond donors (Lipinski definition) is 1. The van der Waals surface area contributed by atoms with Crippen LogP contribution < -0.4 is 5.32 Å². The Hall–Kier alpha value is -1.16. The van der Waals surface area contributed by atoms with Crippen molar-refractivity contribution in [2.75, 3.05) is 11.9 Å². The summed E-state index contributed by atoms with van der Waals surface area (Å²) in [6.45, 7) is 7.16. The average Bonchev–Trinajstić information content (AvgIpc) is 2.84. The zero-order valence-electron chi connectivity index (χ0n) is 13.1. The lowest BCUT2D eigenvalue weighted by atomic mass is 9.78. The maximum atomic E-state index is 11.2. The molecule has 1 aliphatic rings. The van der Waals surface area contributed by atoms with E-state index >= 15 is 0 Å². The van der Waals surface area contributed by atoms with Gasteiger partial charge in [-0.05, 0) is 37.5 Å². The number of halogens is 1. The Bertz CT molecular complexity index is 510. The Labute approximate surface area is 131 Å². The van der Waals surface area contributed by atoms with Crippen molar-refractivity contribution in [3.63, 3.8) is 0 Å². The third-order valence-corrected chi connectivity index (χ3v) is 4.55. The maximum Gasteiger partial charge on any atom is 0.156 e. The minimum Gasteiger partial charge on any atom is -0.369 e. The summed E-state index contributed by atoms with van der Waals surface area (Å²) in [5, 5.41) is 3.59. The van der Waals surface area contributed by atoms with Crippen LogP contribution in [0.3, 0.4) is 0 Å². The van der Waals surface area contributed by atoms with Gasteiger partial charge >= 0.3 is 0 Å². The van der Waals surface area contributed by atoms with Gasteiger partial charge in [-0.2, -0.15) is 0 Å². The van der Waals surface area contributed by atoms with Gasteiger partial charge in [-0.15, -0.1) is 0 Å². The van der Waals surface area contributed by atoms with E-state index in [2.05, 4.69) is 29.1 Å². The molecule has 0 amide bonds. The Morgan fingerprint density at radius 1 is 1.33 bits per heavy atom. The molecular weight excluding hydrogens is 286 g/mol. The molecule has 0 bridgehead atoms. The van der Waals surface area contributed by atoms with Gasteiger partial charge < -0.3 is 5.32 Å². The third-order valence-electron chi connectivity index (χ3n) is 4.27. The van der Waals surface area contributed by atoms with Gasteiger partial charge in [0, 0.05) is 6.54 Å². The Balaban J connectivity index is 2.16. The predicted molar refractivity (Wildman–Crippen MR) is 86.0 cm³/mol. The fourth-order valence-corrected chi connectivity index (χ4v) is 3.76. The zero-order valence-corrected chi connectivity index (χ0v) is 13.8. The molecule has 1 saturated carbocycles. The van der Waals surface area contributed by atoms with Gasteiger partial charge in [-0.1, -0.05) is 38.3 Å². The topological polar surface area (TPSA) is 54.9 Å². The van der Waals surface area contributed by atoms with E-state index in [0.29, 0.717) is 28.5 Å². The summed E-state index contributed by atoms with van der Waals surface area (Å²) in [4.78, 5) is 19.6. The van der Waals surface area contributed by atoms with Crippen molar-refractivity contribution in [1.82, 2.24) is 9.97 Å². The first kappa shape index (κ1) is 16.2. The molecule has 21 heavy (non-hydrogen) atoms. The summed E-state index contributed by atoms with van der Waals surface area (Å²) in [6, 6.07) is 0. The number of carbonyl (C=O) groups is 1. The summed E-state index contributed by atoms with van der Waals surface area (Å²) in [6.07, 6.45) is 7.00. The molecule has 0 unspecified atom stereocenters. The highest BCUT2D eigenvalue weighted by molar-refractivity contribution is 6.32. The van der Waals surface area contributed by atoms with E-state index in [1.165, 1.54) is 32.1 Å². The number of aryl methyl sites for hydroxylation is 1. The number of hydrogen-bond acceptors (Lipinski definition) is 4. The predicted octanol–water partition coefficient (Wildman–Crippen LogP) is 4.27. The van der Waals surface area contributed by atoms with E-state index in [-0.39, 0.29) is 5.15 Å². The van der Waals surface area contributed by atoms with E-state index < -0.39 is 0 Å². The lowest BCUT2D eigenvalue weighted by Crippen LogP contribution is -2.29. The Morgan fingerprint density at radius 3 is 2.57 bits per heavy atom. The van der Waals surface area contributed by atoms with Gasteiger partial charge in [-0.3, -0.25) is 4.79 Å².